The molecule has 3 spiro atoms. The molecule has 0 radical (unpaired) electrons. The van der Waals surface area contributed by atoms with Gasteiger partial charge in [-0.1, -0.05) is 18.2 Å². The Morgan fingerprint density at radius 3 is 2.43 bits per heavy atom. The molecule has 2 aromatic rings. The fourth-order valence-corrected chi connectivity index (χ4v) is 9.85. The molecule has 4 aliphatic heterocycles. The van der Waals surface area contributed by atoms with Gasteiger partial charge >= 0.3 is 0 Å². The van der Waals surface area contributed by atoms with Crippen LogP contribution in [-0.2, 0) is 9.53 Å². The smallest absolute Gasteiger partial charge is 0.245 e. The monoisotopic (exact) mass is 617 g/mol. The van der Waals surface area contributed by atoms with Crippen molar-refractivity contribution in [2.45, 2.75) is 76.4 Å². The Morgan fingerprint density at radius 2 is 1.84 bits per heavy atom. The molecule has 3 N–H and O–H groups in total. The number of carbonyl (C=O) groups excluding carboxylic acids is 1. The lowest BCUT2D eigenvalue weighted by molar-refractivity contribution is -0.149. The minimum atomic E-state index is 0.0223. The number of aryl methyl sites for hydroxylation is 1. The molecule has 2 saturated carbocycles. The minimum Gasteiger partial charge on any atom is -0.398 e. The summed E-state index contributed by atoms with van der Waals surface area (Å²) in [5.41, 5.74) is 12.3. The maximum absolute atomic E-state index is 12.1. The number of nitrogen functional groups attached to an aromatic ring is 1. The number of likely N-dealkylation sites (tertiary alicyclic amines) is 2. The number of nitrogens with one attached hydrogen (secondary N) is 1. The molecule has 9 nitrogen and oxygen atoms in total. The van der Waals surface area contributed by atoms with E-state index in [2.05, 4.69) is 28.0 Å². The summed E-state index contributed by atoms with van der Waals surface area (Å²) in [7, 11) is 0. The maximum atomic E-state index is 12.1. The summed E-state index contributed by atoms with van der Waals surface area (Å²) >= 11 is 7.12. The van der Waals surface area contributed by atoms with E-state index in [-0.39, 0.29) is 22.9 Å². The summed E-state index contributed by atoms with van der Waals surface area (Å²) in [6.07, 6.45) is 10.8. The van der Waals surface area contributed by atoms with Crippen molar-refractivity contribution in [3.63, 3.8) is 0 Å². The SMILES string of the molecule is C=CC(=O)N1CC2(CC(n3nc(N4CCC5(CN(C6COC6)C5)CC45CCC5)c(-c4c(Cl)c(C)cc(N)c4C=N)c3C)C2)C1. The molecule has 1 aromatic heterocycles. The highest BCUT2D eigenvalue weighted by Gasteiger charge is 2.59. The first-order valence-corrected chi connectivity index (χ1v) is 16.7. The zero-order valence-corrected chi connectivity index (χ0v) is 26.8. The van der Waals surface area contributed by atoms with Crippen molar-refractivity contribution in [2.24, 2.45) is 10.8 Å². The van der Waals surface area contributed by atoms with E-state index >= 15 is 0 Å². The van der Waals surface area contributed by atoms with Gasteiger partial charge in [0.25, 0.3) is 0 Å². The molecule has 1 aromatic carbocycles. The maximum Gasteiger partial charge on any atom is 0.245 e. The lowest BCUT2D eigenvalue weighted by Gasteiger charge is -2.65. The van der Waals surface area contributed by atoms with Gasteiger partial charge in [0.2, 0.25) is 5.91 Å². The molecular formula is C34H44ClN7O2. The molecular weight excluding hydrogens is 574 g/mol. The standard InChI is InChI=1S/C34H44ClN7O2/c1-4-27(43)40-19-33(20-40)11-23(12-33)42-22(3)28(29-25(13-36)26(37)10-21(2)30(29)35)31(38-42)41-9-8-32(16-34(41)6-5-7-34)17-39(18-32)24-14-44-15-24/h4,10,13,23-24,36H,1,5-9,11-12,14-20,37H2,2-3H3. The highest BCUT2D eigenvalue weighted by Crippen LogP contribution is 2.59. The second kappa shape index (κ2) is 9.81. The van der Waals surface area contributed by atoms with E-state index in [0.717, 1.165) is 80.3 Å². The Balaban J connectivity index is 1.16. The van der Waals surface area contributed by atoms with E-state index in [1.165, 1.54) is 51.1 Å². The zero-order chi connectivity index (χ0) is 30.6. The fourth-order valence-electron chi connectivity index (χ4n) is 9.60. The summed E-state index contributed by atoms with van der Waals surface area (Å²) in [6.45, 7) is 14.5. The third kappa shape index (κ3) is 4.01. The second-order valence-electron chi connectivity index (χ2n) is 15.0. The van der Waals surface area contributed by atoms with Crippen LogP contribution in [0.4, 0.5) is 11.5 Å². The highest BCUT2D eigenvalue weighted by atomic mass is 35.5. The number of aromatic nitrogens is 2. The second-order valence-corrected chi connectivity index (χ2v) is 15.3. The normalized spacial score (nSPS) is 25.2. The van der Waals surface area contributed by atoms with Gasteiger partial charge in [-0.15, -0.1) is 0 Å². The van der Waals surface area contributed by atoms with Crippen LogP contribution >= 0.6 is 11.6 Å². The van der Waals surface area contributed by atoms with Crippen LogP contribution in [0.2, 0.25) is 5.02 Å². The number of carbonyl (C=O) groups is 1. The molecule has 0 atom stereocenters. The Kier molecular flexibility index (Phi) is 6.37. The van der Waals surface area contributed by atoms with Gasteiger partial charge in [-0.25, -0.2) is 0 Å². The van der Waals surface area contributed by atoms with Gasteiger partial charge < -0.3 is 25.7 Å². The molecule has 1 amide bonds. The van der Waals surface area contributed by atoms with Gasteiger partial charge in [-0.3, -0.25) is 14.4 Å². The van der Waals surface area contributed by atoms with Crippen molar-refractivity contribution in [3.8, 4) is 11.1 Å². The van der Waals surface area contributed by atoms with Crippen molar-refractivity contribution in [3.05, 3.63) is 40.6 Å². The molecule has 234 valence electrons. The Labute approximate surface area is 264 Å². The van der Waals surface area contributed by atoms with Crippen LogP contribution in [0, 0.1) is 30.1 Å². The third-order valence-electron chi connectivity index (χ3n) is 12.2. The summed E-state index contributed by atoms with van der Waals surface area (Å²) in [4.78, 5) is 19.3. The molecule has 0 bridgehead atoms. The highest BCUT2D eigenvalue weighted by molar-refractivity contribution is 6.35. The number of nitrogens with zero attached hydrogens (tertiary/aromatic N) is 5. The van der Waals surface area contributed by atoms with Gasteiger partial charge in [0.15, 0.2) is 5.82 Å². The minimum absolute atomic E-state index is 0.0223. The van der Waals surface area contributed by atoms with Crippen LogP contribution in [-0.4, -0.2) is 89.2 Å². The Bertz CT molecular complexity index is 1550. The number of benzene rings is 1. The number of piperidine rings is 1. The number of amides is 1. The van der Waals surface area contributed by atoms with E-state index in [0.29, 0.717) is 27.7 Å². The first-order chi connectivity index (χ1) is 21.1. The van der Waals surface area contributed by atoms with E-state index < -0.39 is 0 Å². The molecule has 2 aliphatic carbocycles. The average molecular weight is 618 g/mol. The number of halogens is 1. The number of ether oxygens (including phenoxy) is 1. The summed E-state index contributed by atoms with van der Waals surface area (Å²) < 4.78 is 7.74. The summed E-state index contributed by atoms with van der Waals surface area (Å²) in [5.74, 6) is 1.03. The van der Waals surface area contributed by atoms with Gasteiger partial charge in [0, 0.05) is 78.0 Å². The first kappa shape index (κ1) is 28.6. The van der Waals surface area contributed by atoms with Gasteiger partial charge in [0.1, 0.15) is 0 Å². The number of hydrogen-bond donors (Lipinski definition) is 2. The zero-order valence-electron chi connectivity index (χ0n) is 26.0. The lowest BCUT2D eigenvalue weighted by atomic mass is 9.58. The van der Waals surface area contributed by atoms with E-state index in [4.69, 9.17) is 32.6 Å². The van der Waals surface area contributed by atoms with E-state index in [9.17, 15) is 4.79 Å². The quantitative estimate of drug-likeness (QED) is 0.269. The summed E-state index contributed by atoms with van der Waals surface area (Å²) in [6, 6.07) is 2.76. The van der Waals surface area contributed by atoms with Crippen LogP contribution in [0.15, 0.2) is 18.7 Å². The van der Waals surface area contributed by atoms with Crippen molar-refractivity contribution in [2.75, 3.05) is 56.6 Å². The van der Waals surface area contributed by atoms with Crippen LogP contribution in [0.25, 0.3) is 11.1 Å². The number of nitrogens with two attached hydrogens (primary N) is 1. The first-order valence-electron chi connectivity index (χ1n) is 16.3. The van der Waals surface area contributed by atoms with Crippen molar-refractivity contribution < 1.29 is 9.53 Å². The Hall–Kier alpha value is -2.88. The van der Waals surface area contributed by atoms with Crippen molar-refractivity contribution >= 4 is 35.2 Å². The predicted octanol–water partition coefficient (Wildman–Crippen LogP) is 4.97. The molecule has 8 rings (SSSR count). The van der Waals surface area contributed by atoms with Gasteiger partial charge in [-0.05, 0) is 81.9 Å². The van der Waals surface area contributed by atoms with Gasteiger partial charge in [0.05, 0.1) is 30.3 Å². The summed E-state index contributed by atoms with van der Waals surface area (Å²) in [5, 5.41) is 14.5. The lowest BCUT2D eigenvalue weighted by Crippen LogP contribution is -2.71. The fraction of sp³-hybridized carbons (Fsp3) is 0.618. The van der Waals surface area contributed by atoms with Gasteiger partial charge in [-0.2, -0.15) is 5.10 Å². The van der Waals surface area contributed by atoms with Crippen molar-refractivity contribution in [1.29, 1.82) is 5.41 Å². The van der Waals surface area contributed by atoms with Crippen LogP contribution in [0.1, 0.15) is 67.8 Å². The average Bonchev–Trinajstić information content (AvgIpc) is 3.21. The Morgan fingerprint density at radius 1 is 1.11 bits per heavy atom. The molecule has 44 heavy (non-hydrogen) atoms. The van der Waals surface area contributed by atoms with Crippen LogP contribution < -0.4 is 10.6 Å². The topological polar surface area (TPSA) is 104 Å². The van der Waals surface area contributed by atoms with E-state index in [1.54, 1.807) is 0 Å². The molecule has 6 fully saturated rings. The largest absolute Gasteiger partial charge is 0.398 e. The third-order valence-corrected chi connectivity index (χ3v) is 12.6. The van der Waals surface area contributed by atoms with E-state index in [1.807, 2.05) is 17.9 Å². The van der Waals surface area contributed by atoms with Crippen molar-refractivity contribution in [1.82, 2.24) is 19.6 Å². The molecule has 4 saturated heterocycles. The molecule has 10 heteroatoms. The number of anilines is 2. The van der Waals surface area contributed by atoms with Crippen LogP contribution in [0.5, 0.6) is 0 Å². The molecule has 0 unspecified atom stereocenters. The van der Waals surface area contributed by atoms with Crippen LogP contribution in [0.3, 0.4) is 0 Å². The number of hydrogen-bond acceptors (Lipinski definition) is 7. The number of rotatable bonds is 6. The molecule has 6 aliphatic rings. The molecule has 5 heterocycles. The predicted molar refractivity (Wildman–Crippen MR) is 174 cm³/mol.